The van der Waals surface area contributed by atoms with Crippen LogP contribution < -0.4 is 4.74 Å². The van der Waals surface area contributed by atoms with Gasteiger partial charge in [-0.1, -0.05) is 31.7 Å². The number of rotatable bonds is 4. The minimum absolute atomic E-state index is 0.716. The quantitative estimate of drug-likeness (QED) is 0.684. The lowest BCUT2D eigenvalue weighted by atomic mass is 10.1. The minimum atomic E-state index is 0.716. The number of ether oxygens (including phenoxy) is 1. The van der Waals surface area contributed by atoms with Crippen molar-refractivity contribution in [2.24, 2.45) is 0 Å². The first-order valence-electron chi connectivity index (χ1n) is 4.70. The van der Waals surface area contributed by atoms with E-state index in [9.17, 15) is 0 Å². The van der Waals surface area contributed by atoms with Gasteiger partial charge in [0.15, 0.2) is 0 Å². The topological polar surface area (TPSA) is 9.23 Å². The molecule has 0 atom stereocenters. The molecule has 70 valence electrons. The normalized spacial score (nSPS) is 9.69. The molecule has 0 spiro atoms. The van der Waals surface area contributed by atoms with Gasteiger partial charge in [-0.05, 0) is 30.5 Å². The molecule has 0 saturated carbocycles. The molecule has 0 aliphatic heterocycles. The molecule has 0 bridgehead atoms. The van der Waals surface area contributed by atoms with Gasteiger partial charge in [0.2, 0.25) is 0 Å². The van der Waals surface area contributed by atoms with Crippen LogP contribution in [0.2, 0.25) is 0 Å². The lowest BCUT2D eigenvalue weighted by Gasteiger charge is -2.09. The molecule has 0 heterocycles. The summed E-state index contributed by atoms with van der Waals surface area (Å²) in [5.41, 5.74) is 2.37. The maximum absolute atomic E-state index is 5.52. The van der Waals surface area contributed by atoms with Gasteiger partial charge in [-0.15, -0.1) is 0 Å². The van der Waals surface area contributed by atoms with Crippen LogP contribution in [-0.4, -0.2) is 6.61 Å². The highest BCUT2D eigenvalue weighted by Crippen LogP contribution is 2.21. The van der Waals surface area contributed by atoms with Gasteiger partial charge in [0.1, 0.15) is 5.75 Å². The van der Waals surface area contributed by atoms with E-state index in [1.165, 1.54) is 5.56 Å². The van der Waals surface area contributed by atoms with Crippen LogP contribution in [0.1, 0.15) is 25.0 Å². The molecule has 0 unspecified atom stereocenters. The number of benzene rings is 1. The predicted molar refractivity (Wildman–Crippen MR) is 57.1 cm³/mol. The second kappa shape index (κ2) is 4.70. The fraction of sp³-hybridized carbons (Fsp3) is 0.333. The highest BCUT2D eigenvalue weighted by atomic mass is 16.5. The van der Waals surface area contributed by atoms with E-state index < -0.39 is 0 Å². The zero-order chi connectivity index (χ0) is 9.68. The van der Waals surface area contributed by atoms with Crippen molar-refractivity contribution in [2.45, 2.75) is 20.3 Å². The molecular weight excluding hydrogens is 160 g/mol. The van der Waals surface area contributed by atoms with Crippen molar-refractivity contribution in [1.29, 1.82) is 0 Å². The zero-order valence-electron chi connectivity index (χ0n) is 8.34. The molecular formula is C12H16O. The maximum Gasteiger partial charge on any atom is 0.123 e. The summed E-state index contributed by atoms with van der Waals surface area (Å²) in [5, 5.41) is 0. The molecule has 0 N–H and O–H groups in total. The van der Waals surface area contributed by atoms with Crippen LogP contribution in [0.4, 0.5) is 0 Å². The van der Waals surface area contributed by atoms with E-state index in [-0.39, 0.29) is 0 Å². The highest BCUT2D eigenvalue weighted by Gasteiger charge is 2.00. The molecule has 1 aromatic rings. The predicted octanol–water partition coefficient (Wildman–Crippen LogP) is 3.29. The van der Waals surface area contributed by atoms with E-state index in [0.29, 0.717) is 6.61 Å². The van der Waals surface area contributed by atoms with Crippen LogP contribution in [0.25, 0.3) is 6.08 Å². The molecule has 0 aromatic heterocycles. The summed E-state index contributed by atoms with van der Waals surface area (Å²) in [6, 6.07) is 6.20. The van der Waals surface area contributed by atoms with Crippen LogP contribution in [0, 0.1) is 0 Å². The van der Waals surface area contributed by atoms with Crippen molar-refractivity contribution in [3.8, 4) is 5.75 Å². The first-order valence-corrected chi connectivity index (χ1v) is 4.70. The summed E-state index contributed by atoms with van der Waals surface area (Å²) in [6.07, 6.45) is 2.84. The first kappa shape index (κ1) is 9.85. The van der Waals surface area contributed by atoms with Gasteiger partial charge in [0, 0.05) is 0 Å². The van der Waals surface area contributed by atoms with Gasteiger partial charge in [0.05, 0.1) is 6.61 Å². The Labute approximate surface area is 80.0 Å². The van der Waals surface area contributed by atoms with E-state index in [2.05, 4.69) is 25.6 Å². The average Bonchev–Trinajstić information content (AvgIpc) is 2.18. The zero-order valence-corrected chi connectivity index (χ0v) is 8.34. The van der Waals surface area contributed by atoms with Crippen LogP contribution in [0.3, 0.4) is 0 Å². The second-order valence-corrected chi connectivity index (χ2v) is 2.86. The van der Waals surface area contributed by atoms with Crippen molar-refractivity contribution in [3.05, 3.63) is 35.9 Å². The van der Waals surface area contributed by atoms with Gasteiger partial charge in [-0.25, -0.2) is 0 Å². The third-order valence-electron chi connectivity index (χ3n) is 2.01. The Kier molecular flexibility index (Phi) is 3.56. The van der Waals surface area contributed by atoms with Crippen molar-refractivity contribution in [1.82, 2.24) is 0 Å². The van der Waals surface area contributed by atoms with Crippen molar-refractivity contribution < 1.29 is 4.74 Å². The smallest absolute Gasteiger partial charge is 0.123 e. The van der Waals surface area contributed by atoms with Gasteiger partial charge in [-0.3, -0.25) is 0 Å². The van der Waals surface area contributed by atoms with Gasteiger partial charge >= 0.3 is 0 Å². The van der Waals surface area contributed by atoms with E-state index in [0.717, 1.165) is 17.7 Å². The summed E-state index contributed by atoms with van der Waals surface area (Å²) in [5.74, 6) is 0.988. The third-order valence-corrected chi connectivity index (χ3v) is 2.01. The second-order valence-electron chi connectivity index (χ2n) is 2.86. The summed E-state index contributed by atoms with van der Waals surface area (Å²) in [6.45, 7) is 8.58. The van der Waals surface area contributed by atoms with E-state index in [1.807, 2.05) is 19.1 Å². The Balaban J connectivity index is 3.02. The Hall–Kier alpha value is -1.24. The minimum Gasteiger partial charge on any atom is -0.494 e. The Bertz CT molecular complexity index is 289. The number of hydrogen-bond acceptors (Lipinski definition) is 1. The first-order chi connectivity index (χ1) is 6.31. The molecule has 0 aliphatic rings. The van der Waals surface area contributed by atoms with Crippen LogP contribution in [-0.2, 0) is 6.42 Å². The summed E-state index contributed by atoms with van der Waals surface area (Å²) < 4.78 is 5.52. The molecule has 0 aliphatic carbocycles. The number of hydrogen-bond donors (Lipinski definition) is 0. The van der Waals surface area contributed by atoms with Crippen LogP contribution in [0.15, 0.2) is 24.8 Å². The molecule has 13 heavy (non-hydrogen) atoms. The van der Waals surface area contributed by atoms with Crippen LogP contribution >= 0.6 is 0 Å². The molecule has 1 heteroatoms. The molecule has 0 radical (unpaired) electrons. The molecule has 1 rings (SSSR count). The van der Waals surface area contributed by atoms with Gasteiger partial charge < -0.3 is 4.74 Å². The molecule has 1 aromatic carbocycles. The van der Waals surface area contributed by atoms with E-state index in [4.69, 9.17) is 4.74 Å². The standard InChI is InChI=1S/C12H16O/c1-4-10-7-8-11(5-2)12(9-10)13-6-3/h4,7-9H,1,5-6H2,2-3H3. The summed E-state index contributed by atoms with van der Waals surface area (Å²) in [4.78, 5) is 0. The highest BCUT2D eigenvalue weighted by molar-refractivity contribution is 5.52. The fourth-order valence-corrected chi connectivity index (χ4v) is 1.28. The SMILES string of the molecule is C=Cc1ccc(CC)c(OCC)c1. The lowest BCUT2D eigenvalue weighted by Crippen LogP contribution is -1.96. The monoisotopic (exact) mass is 176 g/mol. The van der Waals surface area contributed by atoms with Gasteiger partial charge in [-0.2, -0.15) is 0 Å². The Morgan fingerprint density at radius 3 is 2.69 bits per heavy atom. The summed E-state index contributed by atoms with van der Waals surface area (Å²) >= 11 is 0. The maximum atomic E-state index is 5.52. The summed E-state index contributed by atoms with van der Waals surface area (Å²) in [7, 11) is 0. The Morgan fingerprint density at radius 1 is 1.38 bits per heavy atom. The molecule has 1 nitrogen and oxygen atoms in total. The van der Waals surface area contributed by atoms with E-state index in [1.54, 1.807) is 0 Å². The third kappa shape index (κ3) is 2.35. The van der Waals surface area contributed by atoms with Crippen molar-refractivity contribution >= 4 is 6.08 Å². The average molecular weight is 176 g/mol. The molecule has 0 saturated heterocycles. The fourth-order valence-electron chi connectivity index (χ4n) is 1.28. The molecule has 0 fully saturated rings. The largest absolute Gasteiger partial charge is 0.494 e. The van der Waals surface area contributed by atoms with Crippen LogP contribution in [0.5, 0.6) is 5.75 Å². The molecule has 0 amide bonds. The van der Waals surface area contributed by atoms with Crippen molar-refractivity contribution in [3.63, 3.8) is 0 Å². The lowest BCUT2D eigenvalue weighted by molar-refractivity contribution is 0.337. The van der Waals surface area contributed by atoms with Gasteiger partial charge in [0.25, 0.3) is 0 Å². The number of aryl methyl sites for hydroxylation is 1. The van der Waals surface area contributed by atoms with Crippen molar-refractivity contribution in [2.75, 3.05) is 6.61 Å². The Morgan fingerprint density at radius 2 is 2.15 bits per heavy atom. The van der Waals surface area contributed by atoms with E-state index >= 15 is 0 Å².